The average Bonchev–Trinajstić information content (AvgIpc) is 3.32. The van der Waals surface area contributed by atoms with E-state index in [1.165, 1.54) is 33.3 Å². The lowest BCUT2D eigenvalue weighted by molar-refractivity contribution is -0.0424. The molecule has 0 radical (unpaired) electrons. The minimum Gasteiger partial charge on any atom is -0.504 e. The first-order valence-electron chi connectivity index (χ1n) is 11.6. The minimum absolute atomic E-state index is 0.0511. The number of hydrogen-bond acceptors (Lipinski definition) is 3. The second-order valence-corrected chi connectivity index (χ2v) is 9.88. The Bertz CT molecular complexity index is 1260. The molecule has 4 heteroatoms. The zero-order chi connectivity index (χ0) is 20.9. The third-order valence-electron chi connectivity index (χ3n) is 8.72. The minimum atomic E-state index is -0.0634. The van der Waals surface area contributed by atoms with Crippen molar-refractivity contribution in [3.8, 4) is 11.5 Å². The summed E-state index contributed by atoms with van der Waals surface area (Å²) < 4.78 is 6.72. The highest BCUT2D eigenvalue weighted by Gasteiger charge is 2.67. The van der Waals surface area contributed by atoms with E-state index in [1.807, 2.05) is 6.07 Å². The number of allylic oxidation sites excluding steroid dienone is 1. The number of H-pyrrole nitrogens is 1. The normalized spacial score (nSPS) is 32.8. The highest BCUT2D eigenvalue weighted by atomic mass is 16.5. The van der Waals surface area contributed by atoms with Gasteiger partial charge in [0.2, 0.25) is 0 Å². The van der Waals surface area contributed by atoms with E-state index in [2.05, 4.69) is 66.2 Å². The molecule has 158 valence electrons. The quantitative estimate of drug-likeness (QED) is 0.570. The largest absolute Gasteiger partial charge is 0.504 e. The second kappa shape index (κ2) is 5.95. The third kappa shape index (κ3) is 2.00. The van der Waals surface area contributed by atoms with Gasteiger partial charge in [0.05, 0.1) is 5.69 Å². The van der Waals surface area contributed by atoms with Crippen molar-refractivity contribution in [1.29, 1.82) is 0 Å². The Morgan fingerprint density at radius 3 is 3.00 bits per heavy atom. The maximum atomic E-state index is 10.8. The van der Waals surface area contributed by atoms with Crippen LogP contribution in [-0.4, -0.2) is 34.1 Å². The Morgan fingerprint density at radius 1 is 1.26 bits per heavy atom. The van der Waals surface area contributed by atoms with Gasteiger partial charge >= 0.3 is 0 Å². The van der Waals surface area contributed by atoms with Crippen LogP contribution in [0.15, 0.2) is 48.6 Å². The zero-order valence-electron chi connectivity index (χ0n) is 18.1. The molecule has 2 bridgehead atoms. The number of piperidine rings is 1. The van der Waals surface area contributed by atoms with Crippen LogP contribution in [0, 0.1) is 5.92 Å². The molecule has 5 atom stereocenters. The van der Waals surface area contributed by atoms with Gasteiger partial charge in [-0.3, -0.25) is 4.90 Å². The predicted octanol–water partition coefficient (Wildman–Crippen LogP) is 5.18. The van der Waals surface area contributed by atoms with E-state index in [-0.39, 0.29) is 11.5 Å². The van der Waals surface area contributed by atoms with Gasteiger partial charge in [-0.2, -0.15) is 0 Å². The highest BCUT2D eigenvalue weighted by molar-refractivity contribution is 5.86. The number of para-hydroxylation sites is 1. The standard InChI is InChI=1S/C27H28N2O2/c1-3-4-12-29-13-11-27-22-15(2)21-17-7-5-6-8-18(17)28-24(21)26(27)31-25-20(30)10-9-16(23(25)27)14-19(22)29/h3-10,15,19,22,26,28,30H,11-14H2,1-2H3/t15?,19?,22?,26?,27-/m0/s1. The van der Waals surface area contributed by atoms with E-state index < -0.39 is 0 Å². The van der Waals surface area contributed by atoms with Crippen molar-refractivity contribution in [1.82, 2.24) is 9.88 Å². The number of likely N-dealkylation sites (tertiary alicyclic amines) is 1. The van der Waals surface area contributed by atoms with Crippen LogP contribution in [0.25, 0.3) is 10.9 Å². The van der Waals surface area contributed by atoms with Crippen LogP contribution in [-0.2, 0) is 11.8 Å². The van der Waals surface area contributed by atoms with Crippen LogP contribution in [0.5, 0.6) is 11.5 Å². The molecule has 4 aliphatic rings. The molecule has 3 aromatic rings. The summed E-state index contributed by atoms with van der Waals surface area (Å²) in [5.41, 5.74) is 6.46. The summed E-state index contributed by atoms with van der Waals surface area (Å²) in [6.45, 7) is 6.62. The number of aromatic amines is 1. The molecule has 2 N–H and O–H groups in total. The SMILES string of the molecule is CC=CCN1CC[C@]23c4c5ccc(O)c4OC2c2[nH]c4ccccc4c2C(C)C3C1C5. The van der Waals surface area contributed by atoms with Crippen molar-refractivity contribution in [3.05, 3.63) is 70.9 Å². The van der Waals surface area contributed by atoms with Crippen molar-refractivity contribution in [2.45, 2.75) is 50.2 Å². The summed E-state index contributed by atoms with van der Waals surface area (Å²) in [5.74, 6) is 1.93. The summed E-state index contributed by atoms with van der Waals surface area (Å²) in [6.07, 6.45) is 6.51. The van der Waals surface area contributed by atoms with Gasteiger partial charge in [-0.05, 0) is 61.4 Å². The van der Waals surface area contributed by atoms with Gasteiger partial charge in [-0.1, -0.05) is 43.3 Å². The number of ether oxygens (including phenoxy) is 1. The van der Waals surface area contributed by atoms with Gasteiger partial charge < -0.3 is 14.8 Å². The fourth-order valence-electron chi connectivity index (χ4n) is 7.70. The molecule has 2 aromatic carbocycles. The molecule has 1 spiro atoms. The molecule has 1 aromatic heterocycles. The Balaban J connectivity index is 1.53. The van der Waals surface area contributed by atoms with Crippen LogP contribution in [0.3, 0.4) is 0 Å². The number of rotatable bonds is 2. The zero-order valence-corrected chi connectivity index (χ0v) is 18.1. The van der Waals surface area contributed by atoms with Crippen LogP contribution >= 0.6 is 0 Å². The van der Waals surface area contributed by atoms with Crippen LogP contribution < -0.4 is 4.74 Å². The van der Waals surface area contributed by atoms with E-state index in [4.69, 9.17) is 4.74 Å². The molecule has 1 fully saturated rings. The lowest BCUT2D eigenvalue weighted by Gasteiger charge is -2.59. The molecular formula is C27H28N2O2. The number of phenolic OH excluding ortho intramolecular Hbond substituents is 1. The van der Waals surface area contributed by atoms with Gasteiger partial charge in [0.25, 0.3) is 0 Å². The molecule has 2 aliphatic heterocycles. The molecule has 4 nitrogen and oxygen atoms in total. The van der Waals surface area contributed by atoms with Crippen molar-refractivity contribution < 1.29 is 9.84 Å². The van der Waals surface area contributed by atoms with Crippen molar-refractivity contribution in [3.63, 3.8) is 0 Å². The molecule has 2 aliphatic carbocycles. The van der Waals surface area contributed by atoms with E-state index in [1.54, 1.807) is 0 Å². The Morgan fingerprint density at radius 2 is 2.13 bits per heavy atom. The fraction of sp³-hybridized carbons (Fsp3) is 0.407. The average molecular weight is 413 g/mol. The summed E-state index contributed by atoms with van der Waals surface area (Å²) in [5, 5.41) is 12.1. The smallest absolute Gasteiger partial charge is 0.166 e. The van der Waals surface area contributed by atoms with Crippen molar-refractivity contribution >= 4 is 10.9 Å². The number of aromatic hydroxyl groups is 1. The molecule has 1 saturated heterocycles. The second-order valence-electron chi connectivity index (χ2n) is 9.88. The van der Waals surface area contributed by atoms with Gasteiger partial charge in [-0.15, -0.1) is 0 Å². The first-order valence-corrected chi connectivity index (χ1v) is 11.6. The van der Waals surface area contributed by atoms with Crippen molar-refractivity contribution in [2.75, 3.05) is 13.1 Å². The molecule has 31 heavy (non-hydrogen) atoms. The van der Waals surface area contributed by atoms with Crippen LogP contribution in [0.1, 0.15) is 54.7 Å². The lowest BCUT2D eigenvalue weighted by Crippen LogP contribution is -2.63. The maximum absolute atomic E-state index is 10.8. The molecule has 0 saturated carbocycles. The summed E-state index contributed by atoms with van der Waals surface area (Å²) in [7, 11) is 0. The molecule has 0 amide bonds. The van der Waals surface area contributed by atoms with E-state index >= 15 is 0 Å². The number of nitrogens with zero attached hydrogens (tertiary/aromatic N) is 1. The topological polar surface area (TPSA) is 48.5 Å². The van der Waals surface area contributed by atoms with Gasteiger partial charge in [-0.25, -0.2) is 0 Å². The predicted molar refractivity (Wildman–Crippen MR) is 122 cm³/mol. The van der Waals surface area contributed by atoms with Gasteiger partial charge in [0.1, 0.15) is 6.10 Å². The lowest BCUT2D eigenvalue weighted by atomic mass is 9.49. The molecule has 7 rings (SSSR count). The monoisotopic (exact) mass is 412 g/mol. The van der Waals surface area contributed by atoms with Crippen LogP contribution in [0.2, 0.25) is 0 Å². The maximum Gasteiger partial charge on any atom is 0.166 e. The first-order chi connectivity index (χ1) is 15.1. The number of benzene rings is 2. The Hall–Kier alpha value is -2.72. The van der Waals surface area contributed by atoms with Gasteiger partial charge in [0, 0.05) is 34.5 Å². The Labute approximate surface area is 182 Å². The fourth-order valence-corrected chi connectivity index (χ4v) is 7.70. The van der Waals surface area contributed by atoms with Crippen LogP contribution in [0.4, 0.5) is 0 Å². The highest BCUT2D eigenvalue weighted by Crippen LogP contribution is 2.70. The summed E-state index contributed by atoms with van der Waals surface area (Å²) in [6, 6.07) is 13.1. The van der Waals surface area contributed by atoms with E-state index in [9.17, 15) is 5.11 Å². The van der Waals surface area contributed by atoms with Gasteiger partial charge in [0.15, 0.2) is 11.5 Å². The van der Waals surface area contributed by atoms with E-state index in [0.29, 0.717) is 23.6 Å². The first kappa shape index (κ1) is 17.9. The number of aromatic nitrogens is 1. The molecular weight excluding hydrogens is 384 g/mol. The number of phenols is 1. The molecule has 4 unspecified atom stereocenters. The van der Waals surface area contributed by atoms with Crippen molar-refractivity contribution in [2.24, 2.45) is 5.92 Å². The third-order valence-corrected chi connectivity index (χ3v) is 8.72. The molecule has 3 heterocycles. The number of hydrogen-bond donors (Lipinski definition) is 2. The number of fused-ring (bicyclic) bond motifs is 4. The Kier molecular flexibility index (Phi) is 3.44. The number of nitrogens with one attached hydrogen (secondary N) is 1. The summed E-state index contributed by atoms with van der Waals surface area (Å²) >= 11 is 0. The summed E-state index contributed by atoms with van der Waals surface area (Å²) in [4.78, 5) is 6.44. The van der Waals surface area contributed by atoms with E-state index in [0.717, 1.165) is 31.7 Å².